The van der Waals surface area contributed by atoms with Gasteiger partial charge in [-0.05, 0) is 68.1 Å². The molecule has 96 valence electrons. The second-order valence-corrected chi connectivity index (χ2v) is 7.48. The highest BCUT2D eigenvalue weighted by molar-refractivity contribution is 14.1. The van der Waals surface area contributed by atoms with Crippen molar-refractivity contribution < 1.29 is 4.39 Å². The van der Waals surface area contributed by atoms with Gasteiger partial charge in [0.25, 0.3) is 0 Å². The third-order valence-electron chi connectivity index (χ3n) is 2.62. The lowest BCUT2D eigenvalue weighted by molar-refractivity contribution is 0.555. The zero-order valence-electron chi connectivity index (χ0n) is 9.71. The summed E-state index contributed by atoms with van der Waals surface area (Å²) in [4.78, 5) is 0. The topological polar surface area (TPSA) is 12.0 Å². The first kappa shape index (κ1) is 14.4. The van der Waals surface area contributed by atoms with E-state index in [1.54, 1.807) is 17.4 Å². The van der Waals surface area contributed by atoms with Crippen LogP contribution in [-0.2, 0) is 0 Å². The molecular weight excluding hydrogens is 428 g/mol. The van der Waals surface area contributed by atoms with Crippen LogP contribution in [0.1, 0.15) is 24.1 Å². The molecule has 0 aliphatic carbocycles. The van der Waals surface area contributed by atoms with Gasteiger partial charge in [0, 0.05) is 5.56 Å². The van der Waals surface area contributed by atoms with Gasteiger partial charge in [-0.1, -0.05) is 19.1 Å². The average molecular weight is 440 g/mol. The summed E-state index contributed by atoms with van der Waals surface area (Å²) in [5, 5.41) is 5.42. The van der Waals surface area contributed by atoms with E-state index >= 15 is 0 Å². The standard InChI is InChI=1S/C13H12BrFINS/c1-2-17-13(8-6-11(16)18-7-8)9-4-3-5-10(14)12(9)15/h3-7,13,17H,2H2,1H3. The lowest BCUT2D eigenvalue weighted by atomic mass is 10.0. The summed E-state index contributed by atoms with van der Waals surface area (Å²) in [6.45, 7) is 2.82. The number of thiophene rings is 1. The molecule has 0 amide bonds. The highest BCUT2D eigenvalue weighted by Crippen LogP contribution is 2.31. The molecule has 1 aromatic carbocycles. The first-order chi connectivity index (χ1) is 8.63. The third-order valence-corrected chi connectivity index (χ3v) is 5.04. The summed E-state index contributed by atoms with van der Waals surface area (Å²) in [6.07, 6.45) is 0. The molecule has 2 aromatic rings. The van der Waals surface area contributed by atoms with Crippen LogP contribution in [0.15, 0.2) is 34.1 Å². The molecular formula is C13H12BrFINS. The summed E-state index contributed by atoms with van der Waals surface area (Å²) in [5.74, 6) is -0.190. The summed E-state index contributed by atoms with van der Waals surface area (Å²) in [7, 11) is 0. The predicted octanol–water partition coefficient (Wildman–Crippen LogP) is 4.95. The first-order valence-corrected chi connectivity index (χ1v) is 8.29. The van der Waals surface area contributed by atoms with E-state index in [0.717, 1.165) is 12.1 Å². The number of benzene rings is 1. The molecule has 1 atom stereocenters. The van der Waals surface area contributed by atoms with E-state index in [1.165, 1.54) is 2.88 Å². The normalized spacial score (nSPS) is 12.7. The molecule has 0 aliphatic heterocycles. The lowest BCUT2D eigenvalue weighted by Crippen LogP contribution is -2.22. The summed E-state index contributed by atoms with van der Waals surface area (Å²) in [6, 6.07) is 7.42. The minimum absolute atomic E-state index is 0.0905. The van der Waals surface area contributed by atoms with Gasteiger partial charge >= 0.3 is 0 Å². The lowest BCUT2D eigenvalue weighted by Gasteiger charge is -2.18. The minimum Gasteiger partial charge on any atom is -0.306 e. The molecule has 1 N–H and O–H groups in total. The molecule has 1 unspecified atom stereocenters. The number of nitrogens with one attached hydrogen (secondary N) is 1. The second-order valence-electron chi connectivity index (χ2n) is 3.82. The van der Waals surface area contributed by atoms with Gasteiger partial charge < -0.3 is 5.32 Å². The van der Waals surface area contributed by atoms with Gasteiger partial charge in [0.1, 0.15) is 5.82 Å². The molecule has 0 radical (unpaired) electrons. The molecule has 0 spiro atoms. The number of rotatable bonds is 4. The summed E-state index contributed by atoms with van der Waals surface area (Å²) in [5.41, 5.74) is 1.80. The first-order valence-electron chi connectivity index (χ1n) is 5.54. The van der Waals surface area contributed by atoms with E-state index in [4.69, 9.17) is 0 Å². The van der Waals surface area contributed by atoms with Crippen molar-refractivity contribution in [2.24, 2.45) is 0 Å². The van der Waals surface area contributed by atoms with Crippen LogP contribution in [0.4, 0.5) is 4.39 Å². The molecule has 0 saturated heterocycles. The van der Waals surface area contributed by atoms with Crippen LogP contribution in [0.2, 0.25) is 0 Å². The fraction of sp³-hybridized carbons (Fsp3) is 0.231. The van der Waals surface area contributed by atoms with Gasteiger partial charge in [-0.25, -0.2) is 4.39 Å². The second kappa shape index (κ2) is 6.45. The van der Waals surface area contributed by atoms with Crippen molar-refractivity contribution in [2.45, 2.75) is 13.0 Å². The van der Waals surface area contributed by atoms with Crippen LogP contribution in [0.5, 0.6) is 0 Å². The van der Waals surface area contributed by atoms with Gasteiger partial charge in [0.2, 0.25) is 0 Å². The Morgan fingerprint density at radius 2 is 2.28 bits per heavy atom. The van der Waals surface area contributed by atoms with E-state index in [0.29, 0.717) is 10.0 Å². The molecule has 2 rings (SSSR count). The Hall–Kier alpha value is 0.0200. The Morgan fingerprint density at radius 3 is 2.89 bits per heavy atom. The number of halogens is 3. The molecule has 1 nitrogen and oxygen atoms in total. The van der Waals surface area contributed by atoms with Gasteiger partial charge in [-0.2, -0.15) is 0 Å². The molecule has 5 heteroatoms. The molecule has 0 saturated carbocycles. The smallest absolute Gasteiger partial charge is 0.142 e. The van der Waals surface area contributed by atoms with Gasteiger partial charge in [-0.3, -0.25) is 0 Å². The summed E-state index contributed by atoms with van der Waals surface area (Å²) >= 11 is 7.20. The van der Waals surface area contributed by atoms with Gasteiger partial charge in [0.05, 0.1) is 13.4 Å². The summed E-state index contributed by atoms with van der Waals surface area (Å²) < 4.78 is 15.9. The zero-order chi connectivity index (χ0) is 13.1. The van der Waals surface area contributed by atoms with Crippen molar-refractivity contribution in [1.82, 2.24) is 5.32 Å². The van der Waals surface area contributed by atoms with Gasteiger partial charge in [-0.15, -0.1) is 11.3 Å². The van der Waals surface area contributed by atoms with Crippen LogP contribution in [0.25, 0.3) is 0 Å². The molecule has 1 aromatic heterocycles. The van der Waals surface area contributed by atoms with E-state index in [2.05, 4.69) is 55.3 Å². The Labute approximate surface area is 132 Å². The Balaban J connectivity index is 2.44. The van der Waals surface area contributed by atoms with Crippen molar-refractivity contribution in [3.8, 4) is 0 Å². The highest BCUT2D eigenvalue weighted by atomic mass is 127. The molecule has 0 bridgehead atoms. The fourth-order valence-corrected chi connectivity index (χ4v) is 3.61. The maximum atomic E-state index is 14.2. The van der Waals surface area contributed by atoms with Crippen LogP contribution >= 0.6 is 49.9 Å². The number of hydrogen-bond donors (Lipinski definition) is 1. The largest absolute Gasteiger partial charge is 0.306 e. The number of hydrogen-bond acceptors (Lipinski definition) is 2. The zero-order valence-corrected chi connectivity index (χ0v) is 14.3. The van der Waals surface area contributed by atoms with Gasteiger partial charge in [0.15, 0.2) is 0 Å². The van der Waals surface area contributed by atoms with E-state index in [1.807, 2.05) is 19.1 Å². The Morgan fingerprint density at radius 1 is 1.50 bits per heavy atom. The Kier molecular flexibility index (Phi) is 5.17. The SMILES string of the molecule is CCNC(c1csc(I)c1)c1cccc(Br)c1F. The van der Waals surface area contributed by atoms with Crippen molar-refractivity contribution in [2.75, 3.05) is 6.54 Å². The van der Waals surface area contributed by atoms with Crippen LogP contribution in [0.3, 0.4) is 0 Å². The molecule has 0 aliphatic rings. The molecule has 1 heterocycles. The Bertz CT molecular complexity index is 544. The average Bonchev–Trinajstić information content (AvgIpc) is 2.77. The van der Waals surface area contributed by atoms with Crippen molar-refractivity contribution in [3.05, 3.63) is 53.9 Å². The van der Waals surface area contributed by atoms with Crippen molar-refractivity contribution in [1.29, 1.82) is 0 Å². The maximum Gasteiger partial charge on any atom is 0.142 e. The van der Waals surface area contributed by atoms with Crippen molar-refractivity contribution >= 4 is 49.9 Å². The highest BCUT2D eigenvalue weighted by Gasteiger charge is 2.19. The molecule has 18 heavy (non-hydrogen) atoms. The van der Waals surface area contributed by atoms with E-state index < -0.39 is 0 Å². The third kappa shape index (κ3) is 3.12. The quantitative estimate of drug-likeness (QED) is 0.664. The predicted molar refractivity (Wildman–Crippen MR) is 86.7 cm³/mol. The minimum atomic E-state index is -0.190. The van der Waals surface area contributed by atoms with Crippen LogP contribution in [-0.4, -0.2) is 6.54 Å². The van der Waals surface area contributed by atoms with E-state index in [-0.39, 0.29) is 11.9 Å². The molecule has 0 fully saturated rings. The maximum absolute atomic E-state index is 14.2. The monoisotopic (exact) mass is 439 g/mol. The van der Waals surface area contributed by atoms with Crippen LogP contribution < -0.4 is 5.32 Å². The fourth-order valence-electron chi connectivity index (χ4n) is 1.83. The van der Waals surface area contributed by atoms with E-state index in [9.17, 15) is 4.39 Å². The van der Waals surface area contributed by atoms with Crippen molar-refractivity contribution in [3.63, 3.8) is 0 Å². The van der Waals surface area contributed by atoms with Crippen LogP contribution in [0, 0.1) is 8.70 Å².